The number of H-pyrrole nitrogens is 1. The van der Waals surface area contributed by atoms with Gasteiger partial charge in [0.1, 0.15) is 0 Å². The normalized spacial score (nSPS) is 10.9. The molecule has 0 aliphatic rings. The Labute approximate surface area is 89.2 Å². The summed E-state index contributed by atoms with van der Waals surface area (Å²) in [5, 5.41) is 7.43. The van der Waals surface area contributed by atoms with Crippen molar-refractivity contribution in [1.29, 1.82) is 0 Å². The minimum absolute atomic E-state index is 0.309. The van der Waals surface area contributed by atoms with Gasteiger partial charge in [-0.2, -0.15) is 5.10 Å². The maximum Gasteiger partial charge on any atom is 0.175 e. The van der Waals surface area contributed by atoms with E-state index in [1.807, 2.05) is 13.8 Å². The van der Waals surface area contributed by atoms with Crippen molar-refractivity contribution in [1.82, 2.24) is 10.2 Å². The Morgan fingerprint density at radius 1 is 1.27 bits per heavy atom. The number of aromatic amines is 1. The summed E-state index contributed by atoms with van der Waals surface area (Å²) < 4.78 is 22.3. The van der Waals surface area contributed by atoms with Gasteiger partial charge in [0, 0.05) is 11.6 Å². The summed E-state index contributed by atoms with van der Waals surface area (Å²) in [6, 6.07) is 4.89. The number of fused-ring (bicyclic) bond motifs is 1. The van der Waals surface area contributed by atoms with Gasteiger partial charge in [-0.1, -0.05) is 13.8 Å². The molecule has 0 atom stereocenters. The summed E-state index contributed by atoms with van der Waals surface area (Å²) in [7, 11) is -3.12. The van der Waals surface area contributed by atoms with E-state index in [1.54, 1.807) is 24.4 Å². The molecule has 0 saturated carbocycles. The van der Waals surface area contributed by atoms with Crippen LogP contribution in [-0.4, -0.2) is 24.9 Å². The summed E-state index contributed by atoms with van der Waals surface area (Å²) in [5.74, 6) is 0. The molecule has 0 unspecified atom stereocenters. The van der Waals surface area contributed by atoms with Crippen molar-refractivity contribution < 1.29 is 8.42 Å². The van der Waals surface area contributed by atoms with E-state index in [9.17, 15) is 8.42 Å². The van der Waals surface area contributed by atoms with Crippen LogP contribution in [0.2, 0.25) is 0 Å². The number of rotatable bonds is 1. The number of aromatic nitrogens is 2. The van der Waals surface area contributed by atoms with Crippen LogP contribution in [0.5, 0.6) is 0 Å². The third kappa shape index (κ3) is 2.56. The van der Waals surface area contributed by atoms with Crippen LogP contribution in [0.3, 0.4) is 0 Å². The van der Waals surface area contributed by atoms with Crippen LogP contribution in [0.1, 0.15) is 13.8 Å². The van der Waals surface area contributed by atoms with Crippen LogP contribution in [0.25, 0.3) is 10.9 Å². The van der Waals surface area contributed by atoms with Crippen LogP contribution < -0.4 is 0 Å². The van der Waals surface area contributed by atoms with E-state index in [-0.39, 0.29) is 0 Å². The van der Waals surface area contributed by atoms with Crippen LogP contribution >= 0.6 is 0 Å². The number of nitrogens with zero attached hydrogens (tertiary/aromatic N) is 1. The zero-order valence-corrected chi connectivity index (χ0v) is 9.80. The average Bonchev–Trinajstić information content (AvgIpc) is 2.66. The first-order valence-corrected chi connectivity index (χ1v) is 6.60. The predicted molar refractivity (Wildman–Crippen MR) is 60.6 cm³/mol. The van der Waals surface area contributed by atoms with Gasteiger partial charge in [0.2, 0.25) is 0 Å². The zero-order valence-electron chi connectivity index (χ0n) is 8.98. The summed E-state index contributed by atoms with van der Waals surface area (Å²) in [6.07, 6.45) is 2.84. The van der Waals surface area contributed by atoms with Gasteiger partial charge >= 0.3 is 0 Å². The Bertz CT molecular complexity index is 543. The molecule has 2 rings (SSSR count). The van der Waals surface area contributed by atoms with Crippen molar-refractivity contribution in [2.24, 2.45) is 0 Å². The number of sulfone groups is 1. The maximum absolute atomic E-state index is 11.2. The van der Waals surface area contributed by atoms with Gasteiger partial charge in [-0.3, -0.25) is 5.10 Å². The highest BCUT2D eigenvalue weighted by molar-refractivity contribution is 7.90. The topological polar surface area (TPSA) is 62.8 Å². The smallest absolute Gasteiger partial charge is 0.175 e. The second kappa shape index (κ2) is 4.44. The van der Waals surface area contributed by atoms with Gasteiger partial charge in [-0.05, 0) is 18.2 Å². The average molecular weight is 226 g/mol. The number of hydrogen-bond acceptors (Lipinski definition) is 3. The second-order valence-electron chi connectivity index (χ2n) is 2.89. The molecule has 4 nitrogen and oxygen atoms in total. The van der Waals surface area contributed by atoms with Crippen molar-refractivity contribution in [3.63, 3.8) is 0 Å². The molecule has 82 valence electrons. The molecule has 0 saturated heterocycles. The lowest BCUT2D eigenvalue weighted by atomic mass is 10.3. The highest BCUT2D eigenvalue weighted by Crippen LogP contribution is 2.16. The molecule has 1 N–H and O–H groups in total. The molecule has 15 heavy (non-hydrogen) atoms. The summed E-state index contributed by atoms with van der Waals surface area (Å²) in [5.41, 5.74) is 0.739. The molecule has 0 bridgehead atoms. The second-order valence-corrected chi connectivity index (χ2v) is 4.91. The molecule has 0 amide bonds. The van der Waals surface area contributed by atoms with Crippen LogP contribution in [0.15, 0.2) is 29.3 Å². The van der Waals surface area contributed by atoms with Crippen molar-refractivity contribution in [2.45, 2.75) is 18.7 Å². The SMILES string of the molecule is CC.CS(=O)(=O)c1ccc2cn[nH]c2c1. The van der Waals surface area contributed by atoms with E-state index in [0.717, 1.165) is 10.9 Å². The number of hydrogen-bond donors (Lipinski definition) is 1. The molecule has 1 aromatic carbocycles. The zero-order chi connectivity index (χ0) is 11.5. The molecule has 0 radical (unpaired) electrons. The first kappa shape index (κ1) is 11.7. The summed E-state index contributed by atoms with van der Waals surface area (Å²) >= 11 is 0. The Hall–Kier alpha value is -1.36. The fourth-order valence-electron chi connectivity index (χ4n) is 1.15. The third-order valence-electron chi connectivity index (χ3n) is 1.84. The fourth-order valence-corrected chi connectivity index (χ4v) is 1.79. The van der Waals surface area contributed by atoms with Crippen LogP contribution in [0, 0.1) is 0 Å². The van der Waals surface area contributed by atoms with E-state index in [4.69, 9.17) is 0 Å². The summed E-state index contributed by atoms with van der Waals surface area (Å²) in [4.78, 5) is 0.309. The van der Waals surface area contributed by atoms with Gasteiger partial charge in [-0.15, -0.1) is 0 Å². The highest BCUT2D eigenvalue weighted by atomic mass is 32.2. The number of nitrogens with one attached hydrogen (secondary N) is 1. The molecule has 1 aromatic heterocycles. The first-order valence-electron chi connectivity index (χ1n) is 4.70. The van der Waals surface area contributed by atoms with E-state index in [0.29, 0.717) is 4.90 Å². The molecule has 0 spiro atoms. The standard InChI is InChI=1S/C8H8N2O2S.C2H6/c1-13(11,12)7-3-2-6-5-9-10-8(6)4-7;1-2/h2-5H,1H3,(H,9,10);1-2H3. The lowest BCUT2D eigenvalue weighted by Gasteiger charge is -1.96. The molecule has 5 heteroatoms. The largest absolute Gasteiger partial charge is 0.278 e. The quantitative estimate of drug-likeness (QED) is 0.808. The van der Waals surface area contributed by atoms with Crippen LogP contribution in [-0.2, 0) is 9.84 Å². The fraction of sp³-hybridized carbons (Fsp3) is 0.300. The van der Waals surface area contributed by atoms with Gasteiger partial charge in [0.05, 0.1) is 16.6 Å². The Morgan fingerprint density at radius 2 is 1.93 bits per heavy atom. The minimum Gasteiger partial charge on any atom is -0.278 e. The van der Waals surface area contributed by atoms with E-state index >= 15 is 0 Å². The molecule has 0 fully saturated rings. The lowest BCUT2D eigenvalue weighted by Crippen LogP contribution is -1.95. The Kier molecular flexibility index (Phi) is 3.47. The van der Waals surface area contributed by atoms with Crippen molar-refractivity contribution in [3.8, 4) is 0 Å². The minimum atomic E-state index is -3.12. The van der Waals surface area contributed by atoms with Gasteiger partial charge in [-0.25, -0.2) is 8.42 Å². The monoisotopic (exact) mass is 226 g/mol. The van der Waals surface area contributed by atoms with Crippen molar-refractivity contribution >= 4 is 20.7 Å². The van der Waals surface area contributed by atoms with E-state index in [1.165, 1.54) is 6.26 Å². The van der Waals surface area contributed by atoms with E-state index in [2.05, 4.69) is 10.2 Å². The summed E-state index contributed by atoms with van der Waals surface area (Å²) in [6.45, 7) is 4.00. The predicted octanol–water partition coefficient (Wildman–Crippen LogP) is 1.99. The van der Waals surface area contributed by atoms with Gasteiger partial charge < -0.3 is 0 Å². The lowest BCUT2D eigenvalue weighted by molar-refractivity contribution is 0.602. The molecule has 0 aliphatic heterocycles. The maximum atomic E-state index is 11.2. The molecular weight excluding hydrogens is 212 g/mol. The molecular formula is C10H14N2O2S. The molecule has 1 heterocycles. The highest BCUT2D eigenvalue weighted by Gasteiger charge is 2.07. The van der Waals surface area contributed by atoms with Gasteiger partial charge in [0.15, 0.2) is 9.84 Å². The first-order chi connectivity index (χ1) is 7.07. The van der Waals surface area contributed by atoms with E-state index < -0.39 is 9.84 Å². The molecule has 2 aromatic rings. The molecule has 0 aliphatic carbocycles. The van der Waals surface area contributed by atoms with Crippen LogP contribution in [0.4, 0.5) is 0 Å². The third-order valence-corrected chi connectivity index (χ3v) is 2.95. The van der Waals surface area contributed by atoms with Crippen molar-refractivity contribution in [3.05, 3.63) is 24.4 Å². The van der Waals surface area contributed by atoms with Crippen molar-refractivity contribution in [2.75, 3.05) is 6.26 Å². The number of benzene rings is 1. The Balaban J connectivity index is 0.000000531. The Morgan fingerprint density at radius 3 is 2.53 bits per heavy atom. The van der Waals surface area contributed by atoms with Gasteiger partial charge in [0.25, 0.3) is 0 Å².